The third kappa shape index (κ3) is 9.45. The molecule has 0 aliphatic heterocycles. The van der Waals surface area contributed by atoms with E-state index in [9.17, 15) is 5.11 Å². The average Bonchev–Trinajstić information content (AvgIpc) is 2.68. The van der Waals surface area contributed by atoms with Crippen molar-refractivity contribution >= 4 is 16.6 Å². The van der Waals surface area contributed by atoms with E-state index in [1.807, 2.05) is 24.3 Å². The lowest BCUT2D eigenvalue weighted by molar-refractivity contribution is -0.00353. The zero-order valence-electron chi connectivity index (χ0n) is 23.1. The van der Waals surface area contributed by atoms with E-state index in [-0.39, 0.29) is 28.9 Å². The molecule has 0 aliphatic carbocycles. The van der Waals surface area contributed by atoms with Crippen LogP contribution in [-0.2, 0) is 20.2 Å². The molecule has 0 spiro atoms. The fourth-order valence-electron chi connectivity index (χ4n) is 2.99. The highest BCUT2D eigenvalue weighted by molar-refractivity contribution is 6.74. The molecule has 0 aliphatic rings. The Labute approximate surface area is 205 Å². The molecule has 1 aromatic rings. The Kier molecular flexibility index (Phi) is 11.3. The van der Waals surface area contributed by atoms with E-state index in [2.05, 4.69) is 67.7 Å². The van der Waals surface area contributed by atoms with Crippen LogP contribution in [-0.4, -0.2) is 54.3 Å². The molecule has 1 N–H and O–H groups in total. The average molecular weight is 499 g/mol. The predicted octanol–water partition coefficient (Wildman–Crippen LogP) is 6.77. The molecule has 0 amide bonds. The topological polar surface area (TPSA) is 57.2 Å². The van der Waals surface area contributed by atoms with Crippen molar-refractivity contribution < 1.29 is 23.4 Å². The summed E-state index contributed by atoms with van der Waals surface area (Å²) in [7, 11) is -2.39. The van der Waals surface area contributed by atoms with Gasteiger partial charge in [-0.05, 0) is 66.8 Å². The van der Waals surface area contributed by atoms with Crippen molar-refractivity contribution in [1.29, 1.82) is 0 Å². The molecule has 0 radical (unpaired) electrons. The molecule has 2 unspecified atom stereocenters. The Balaban J connectivity index is 2.97. The molecular formula is C26H50O5Si2. The van der Waals surface area contributed by atoms with Crippen LogP contribution in [0.1, 0.15) is 59.9 Å². The van der Waals surface area contributed by atoms with Crippen LogP contribution in [0, 0.1) is 0 Å². The van der Waals surface area contributed by atoms with Crippen LogP contribution in [0.3, 0.4) is 0 Å². The molecule has 5 nitrogen and oxygen atoms in total. The molecule has 1 aromatic carbocycles. The van der Waals surface area contributed by atoms with Gasteiger partial charge in [0.2, 0.25) is 0 Å². The Morgan fingerprint density at radius 3 is 1.64 bits per heavy atom. The number of rotatable bonds is 13. The summed E-state index contributed by atoms with van der Waals surface area (Å²) < 4.78 is 25.0. The van der Waals surface area contributed by atoms with Crippen molar-refractivity contribution in [3.8, 4) is 5.75 Å². The monoisotopic (exact) mass is 498 g/mol. The Bertz CT molecular complexity index is 690. The first kappa shape index (κ1) is 30.3. The van der Waals surface area contributed by atoms with Gasteiger partial charge in [0.25, 0.3) is 0 Å². The minimum absolute atomic E-state index is 0.0867. The lowest BCUT2D eigenvalue weighted by Gasteiger charge is -2.45. The molecule has 0 saturated heterocycles. The van der Waals surface area contributed by atoms with Gasteiger partial charge in [-0.15, -0.1) is 0 Å². The second-order valence-electron chi connectivity index (χ2n) is 12.0. The number of hydrogen-bond acceptors (Lipinski definition) is 5. The maximum atomic E-state index is 9.86. The summed E-state index contributed by atoms with van der Waals surface area (Å²) in [6.45, 7) is 23.8. The third-order valence-corrected chi connectivity index (χ3v) is 16.3. The minimum Gasteiger partial charge on any atom is -0.497 e. The van der Waals surface area contributed by atoms with Gasteiger partial charge in [-0.3, -0.25) is 0 Å². The molecule has 0 saturated carbocycles. The van der Waals surface area contributed by atoms with Crippen LogP contribution in [0.2, 0.25) is 36.3 Å². The zero-order chi connectivity index (χ0) is 25.5. The number of ether oxygens (including phenoxy) is 2. The van der Waals surface area contributed by atoms with Gasteiger partial charge in [-0.1, -0.05) is 53.7 Å². The highest BCUT2D eigenvalue weighted by Crippen LogP contribution is 2.41. The maximum Gasteiger partial charge on any atom is 0.192 e. The molecule has 1 rings (SSSR count). The van der Waals surface area contributed by atoms with Crippen molar-refractivity contribution in [3.05, 3.63) is 29.8 Å². The number of aliphatic hydroxyl groups excluding tert-OH is 1. The molecule has 33 heavy (non-hydrogen) atoms. The maximum absolute atomic E-state index is 9.86. The minimum atomic E-state index is -2.03. The molecule has 2 atom stereocenters. The van der Waals surface area contributed by atoms with Crippen LogP contribution < -0.4 is 4.74 Å². The van der Waals surface area contributed by atoms with E-state index in [4.69, 9.17) is 18.3 Å². The lowest BCUT2D eigenvalue weighted by atomic mass is 10.1. The van der Waals surface area contributed by atoms with Gasteiger partial charge in [0, 0.05) is 13.2 Å². The van der Waals surface area contributed by atoms with E-state index < -0.39 is 16.6 Å². The summed E-state index contributed by atoms with van der Waals surface area (Å²) >= 11 is 0. The van der Waals surface area contributed by atoms with Gasteiger partial charge in [0.1, 0.15) is 5.75 Å². The molecule has 0 heterocycles. The predicted molar refractivity (Wildman–Crippen MR) is 143 cm³/mol. The van der Waals surface area contributed by atoms with Crippen LogP contribution in [0.5, 0.6) is 5.75 Å². The van der Waals surface area contributed by atoms with Gasteiger partial charge in [0.15, 0.2) is 16.6 Å². The van der Waals surface area contributed by atoms with Gasteiger partial charge in [-0.2, -0.15) is 0 Å². The number of hydrogen-bond donors (Lipinski definition) is 1. The summed E-state index contributed by atoms with van der Waals surface area (Å²) in [5, 5.41) is 10.0. The highest BCUT2D eigenvalue weighted by atomic mass is 28.4. The smallest absolute Gasteiger partial charge is 0.192 e. The molecule has 0 fully saturated rings. The van der Waals surface area contributed by atoms with Crippen LogP contribution in [0.4, 0.5) is 0 Å². The second-order valence-corrected chi connectivity index (χ2v) is 21.5. The third-order valence-electron chi connectivity index (χ3n) is 7.31. The van der Waals surface area contributed by atoms with Gasteiger partial charge >= 0.3 is 0 Å². The van der Waals surface area contributed by atoms with Crippen LogP contribution in [0.25, 0.3) is 0 Å². The molecule has 0 bridgehead atoms. The summed E-state index contributed by atoms with van der Waals surface area (Å²) in [6, 6.07) is 7.95. The van der Waals surface area contributed by atoms with E-state index in [0.29, 0.717) is 19.6 Å². The van der Waals surface area contributed by atoms with E-state index in [1.165, 1.54) is 0 Å². The van der Waals surface area contributed by atoms with E-state index in [0.717, 1.165) is 17.7 Å². The molecule has 192 valence electrons. The number of methoxy groups -OCH3 is 1. The Morgan fingerprint density at radius 2 is 1.24 bits per heavy atom. The normalized spacial score (nSPS) is 15.4. The van der Waals surface area contributed by atoms with Gasteiger partial charge in [-0.25, -0.2) is 0 Å². The molecule has 7 heteroatoms. The zero-order valence-corrected chi connectivity index (χ0v) is 25.1. The van der Waals surface area contributed by atoms with Crippen molar-refractivity contribution in [2.24, 2.45) is 0 Å². The van der Waals surface area contributed by atoms with Crippen molar-refractivity contribution in [1.82, 2.24) is 0 Å². The number of aliphatic hydroxyl groups is 1. The van der Waals surface area contributed by atoms with E-state index in [1.54, 1.807) is 7.11 Å². The summed E-state index contributed by atoms with van der Waals surface area (Å²) in [5.74, 6) is 0.844. The number of benzene rings is 1. The molecule has 0 aromatic heterocycles. The Morgan fingerprint density at radius 1 is 0.788 bits per heavy atom. The Hall–Kier alpha value is -0.706. The second kappa shape index (κ2) is 12.3. The summed E-state index contributed by atoms with van der Waals surface area (Å²) in [5.41, 5.74) is 1.11. The quantitative estimate of drug-likeness (QED) is 0.240. The van der Waals surface area contributed by atoms with Crippen molar-refractivity contribution in [3.63, 3.8) is 0 Å². The standard InChI is InChI=1S/C26H50O5Si2/c1-25(2,3)32(8,9)30-23(16-18-27)24(31-33(10,11)26(4,5)6)17-19-29-20-21-12-14-22(28-7)15-13-21/h12-15,23-24,27H,16-20H2,1-11H3. The van der Waals surface area contributed by atoms with Crippen molar-refractivity contribution in [2.45, 2.75) is 109 Å². The highest BCUT2D eigenvalue weighted by Gasteiger charge is 2.44. The summed E-state index contributed by atoms with van der Waals surface area (Å²) in [6.07, 6.45) is 1.06. The van der Waals surface area contributed by atoms with Gasteiger partial charge < -0.3 is 23.4 Å². The van der Waals surface area contributed by atoms with Crippen molar-refractivity contribution in [2.75, 3.05) is 20.3 Å². The molecular weight excluding hydrogens is 448 g/mol. The largest absolute Gasteiger partial charge is 0.497 e. The SMILES string of the molecule is COc1ccc(COCCC(O[Si](C)(C)C(C)(C)C)C(CCO)O[Si](C)(C)C(C)(C)C)cc1. The fourth-order valence-corrected chi connectivity index (χ4v) is 5.75. The van der Waals surface area contributed by atoms with E-state index >= 15 is 0 Å². The van der Waals surface area contributed by atoms with Crippen LogP contribution in [0.15, 0.2) is 24.3 Å². The first-order valence-corrected chi connectivity index (χ1v) is 18.0. The fraction of sp³-hybridized carbons (Fsp3) is 0.769. The first-order valence-electron chi connectivity index (χ1n) is 12.2. The van der Waals surface area contributed by atoms with Gasteiger partial charge in [0.05, 0.1) is 25.9 Å². The van der Waals surface area contributed by atoms with Crippen LogP contribution >= 0.6 is 0 Å². The first-order chi connectivity index (χ1) is 15.0. The lowest BCUT2D eigenvalue weighted by Crippen LogP contribution is -2.52. The summed E-state index contributed by atoms with van der Waals surface area (Å²) in [4.78, 5) is 0.